The highest BCUT2D eigenvalue weighted by atomic mass is 14.7. The number of hydrogen-bond acceptors (Lipinski definition) is 3. The lowest BCUT2D eigenvalue weighted by atomic mass is 10.0. The van der Waals surface area contributed by atoms with Crippen LogP contribution in [0.1, 0.15) is 5.56 Å². The molecule has 3 aromatic heterocycles. The Kier molecular flexibility index (Phi) is 3.02. The molecule has 3 aromatic rings. The van der Waals surface area contributed by atoms with Gasteiger partial charge in [0.1, 0.15) is 0 Å². The minimum Gasteiger partial charge on any atom is -0.264 e. The molecule has 0 aliphatic rings. The normalized spacial score (nSPS) is 10.4. The van der Waals surface area contributed by atoms with Crippen molar-refractivity contribution in [3.05, 3.63) is 66.9 Å². The predicted octanol–water partition coefficient (Wildman–Crippen LogP) is 3.51. The van der Waals surface area contributed by atoms with Crippen molar-refractivity contribution in [3.63, 3.8) is 0 Å². The molecule has 19 heavy (non-hydrogen) atoms. The Hall–Kier alpha value is -2.55. The smallest absolute Gasteiger partial charge is 0.0796 e. The van der Waals surface area contributed by atoms with Crippen molar-refractivity contribution in [1.82, 2.24) is 15.0 Å². The first-order valence-corrected chi connectivity index (χ1v) is 6.12. The number of rotatable bonds is 2. The number of aryl methyl sites for hydroxylation is 1. The SMILES string of the molecule is Cc1cnc(-c2cccnc2)c(-c2cccnc2)c1. The minimum atomic E-state index is 0.937. The minimum absolute atomic E-state index is 0.937. The Morgan fingerprint density at radius 2 is 1.53 bits per heavy atom. The summed E-state index contributed by atoms with van der Waals surface area (Å²) in [5.41, 5.74) is 5.23. The molecule has 0 unspecified atom stereocenters. The maximum atomic E-state index is 4.56. The van der Waals surface area contributed by atoms with Crippen LogP contribution in [-0.2, 0) is 0 Å². The van der Waals surface area contributed by atoms with Gasteiger partial charge in [0.25, 0.3) is 0 Å². The lowest BCUT2D eigenvalue weighted by Crippen LogP contribution is -1.91. The molecule has 0 spiro atoms. The summed E-state index contributed by atoms with van der Waals surface area (Å²) in [5.74, 6) is 0. The van der Waals surface area contributed by atoms with Crippen LogP contribution in [0.25, 0.3) is 22.4 Å². The summed E-state index contributed by atoms with van der Waals surface area (Å²) in [7, 11) is 0. The molecule has 0 aromatic carbocycles. The molecule has 92 valence electrons. The van der Waals surface area contributed by atoms with Gasteiger partial charge in [-0.05, 0) is 36.8 Å². The van der Waals surface area contributed by atoms with Crippen LogP contribution in [0.3, 0.4) is 0 Å². The van der Waals surface area contributed by atoms with Crippen molar-refractivity contribution in [2.75, 3.05) is 0 Å². The third kappa shape index (κ3) is 2.36. The molecular formula is C16H13N3. The number of pyridine rings is 3. The fraction of sp³-hybridized carbons (Fsp3) is 0.0625. The zero-order valence-corrected chi connectivity index (χ0v) is 10.6. The fourth-order valence-corrected chi connectivity index (χ4v) is 2.04. The van der Waals surface area contributed by atoms with Gasteiger partial charge in [0.2, 0.25) is 0 Å². The highest BCUT2D eigenvalue weighted by Gasteiger charge is 2.09. The molecule has 3 heterocycles. The van der Waals surface area contributed by atoms with Crippen LogP contribution in [0.15, 0.2) is 61.3 Å². The van der Waals surface area contributed by atoms with Crippen LogP contribution < -0.4 is 0 Å². The fourth-order valence-electron chi connectivity index (χ4n) is 2.04. The van der Waals surface area contributed by atoms with E-state index in [0.29, 0.717) is 0 Å². The monoisotopic (exact) mass is 247 g/mol. The molecule has 0 N–H and O–H groups in total. The summed E-state index contributed by atoms with van der Waals surface area (Å²) in [6.07, 6.45) is 9.11. The molecule has 0 radical (unpaired) electrons. The molecule has 3 rings (SSSR count). The van der Waals surface area contributed by atoms with E-state index in [4.69, 9.17) is 0 Å². The number of hydrogen-bond donors (Lipinski definition) is 0. The molecule has 0 saturated carbocycles. The number of aromatic nitrogens is 3. The van der Waals surface area contributed by atoms with Crippen LogP contribution in [-0.4, -0.2) is 15.0 Å². The molecule has 0 bridgehead atoms. The van der Waals surface area contributed by atoms with Crippen LogP contribution >= 0.6 is 0 Å². The van der Waals surface area contributed by atoms with E-state index in [-0.39, 0.29) is 0 Å². The van der Waals surface area contributed by atoms with E-state index in [2.05, 4.69) is 21.0 Å². The third-order valence-corrected chi connectivity index (χ3v) is 2.93. The molecular weight excluding hydrogens is 234 g/mol. The molecule has 0 aliphatic heterocycles. The highest BCUT2D eigenvalue weighted by Crippen LogP contribution is 2.29. The van der Waals surface area contributed by atoms with Crippen molar-refractivity contribution in [2.24, 2.45) is 0 Å². The van der Waals surface area contributed by atoms with E-state index in [1.807, 2.05) is 49.8 Å². The molecule has 0 amide bonds. The molecule has 3 nitrogen and oxygen atoms in total. The van der Waals surface area contributed by atoms with Crippen LogP contribution in [0.2, 0.25) is 0 Å². The summed E-state index contributed by atoms with van der Waals surface area (Å²) < 4.78 is 0. The van der Waals surface area contributed by atoms with Gasteiger partial charge in [0.15, 0.2) is 0 Å². The second-order valence-electron chi connectivity index (χ2n) is 4.39. The topological polar surface area (TPSA) is 38.7 Å². The first-order valence-electron chi connectivity index (χ1n) is 6.12. The summed E-state index contributed by atoms with van der Waals surface area (Å²) >= 11 is 0. The number of nitrogens with zero attached hydrogens (tertiary/aromatic N) is 3. The van der Waals surface area contributed by atoms with Gasteiger partial charge in [-0.15, -0.1) is 0 Å². The van der Waals surface area contributed by atoms with Crippen molar-refractivity contribution in [1.29, 1.82) is 0 Å². The average Bonchev–Trinajstić information content (AvgIpc) is 2.49. The Morgan fingerprint density at radius 3 is 2.16 bits per heavy atom. The molecule has 0 saturated heterocycles. The van der Waals surface area contributed by atoms with Gasteiger partial charge in [-0.2, -0.15) is 0 Å². The van der Waals surface area contributed by atoms with Crippen LogP contribution in [0.4, 0.5) is 0 Å². The van der Waals surface area contributed by atoms with Crippen LogP contribution in [0, 0.1) is 6.92 Å². The van der Waals surface area contributed by atoms with E-state index in [1.165, 1.54) is 0 Å². The first-order chi connectivity index (χ1) is 9.34. The van der Waals surface area contributed by atoms with Gasteiger partial charge in [-0.25, -0.2) is 0 Å². The Labute approximate surface area is 112 Å². The zero-order valence-electron chi connectivity index (χ0n) is 10.6. The quantitative estimate of drug-likeness (QED) is 0.695. The summed E-state index contributed by atoms with van der Waals surface area (Å²) in [6.45, 7) is 2.04. The van der Waals surface area contributed by atoms with Crippen LogP contribution in [0.5, 0.6) is 0 Å². The van der Waals surface area contributed by atoms with E-state index in [9.17, 15) is 0 Å². The standard InChI is InChI=1S/C16H13N3/c1-12-8-15(13-4-2-6-17-10-13)16(19-9-12)14-5-3-7-18-11-14/h2-11H,1H3. The Balaban J connectivity index is 2.21. The largest absolute Gasteiger partial charge is 0.264 e. The maximum Gasteiger partial charge on any atom is 0.0796 e. The van der Waals surface area contributed by atoms with E-state index >= 15 is 0 Å². The zero-order chi connectivity index (χ0) is 13.1. The third-order valence-electron chi connectivity index (χ3n) is 2.93. The van der Waals surface area contributed by atoms with Gasteiger partial charge >= 0.3 is 0 Å². The van der Waals surface area contributed by atoms with Crippen molar-refractivity contribution in [2.45, 2.75) is 6.92 Å². The highest BCUT2D eigenvalue weighted by molar-refractivity contribution is 5.80. The van der Waals surface area contributed by atoms with E-state index < -0.39 is 0 Å². The summed E-state index contributed by atoms with van der Waals surface area (Å²) in [6, 6.07) is 10.1. The Morgan fingerprint density at radius 1 is 0.842 bits per heavy atom. The van der Waals surface area contributed by atoms with Gasteiger partial charge in [0.05, 0.1) is 5.69 Å². The summed E-state index contributed by atoms with van der Waals surface area (Å²) in [5, 5.41) is 0. The average molecular weight is 247 g/mol. The molecule has 0 fully saturated rings. The van der Waals surface area contributed by atoms with Gasteiger partial charge in [-0.1, -0.05) is 6.07 Å². The van der Waals surface area contributed by atoms with E-state index in [1.54, 1.807) is 12.4 Å². The van der Waals surface area contributed by atoms with Crippen molar-refractivity contribution in [3.8, 4) is 22.4 Å². The predicted molar refractivity (Wildman–Crippen MR) is 75.4 cm³/mol. The van der Waals surface area contributed by atoms with Gasteiger partial charge in [0, 0.05) is 47.7 Å². The molecule has 3 heteroatoms. The lowest BCUT2D eigenvalue weighted by molar-refractivity contribution is 1.24. The van der Waals surface area contributed by atoms with Crippen molar-refractivity contribution < 1.29 is 0 Å². The summed E-state index contributed by atoms with van der Waals surface area (Å²) in [4.78, 5) is 12.9. The second-order valence-corrected chi connectivity index (χ2v) is 4.39. The lowest BCUT2D eigenvalue weighted by Gasteiger charge is -2.09. The van der Waals surface area contributed by atoms with E-state index in [0.717, 1.165) is 27.9 Å². The Bertz CT molecular complexity index is 679. The maximum absolute atomic E-state index is 4.56. The molecule has 0 atom stereocenters. The molecule has 0 aliphatic carbocycles. The van der Waals surface area contributed by atoms with Crippen molar-refractivity contribution >= 4 is 0 Å². The second kappa shape index (κ2) is 4.98. The van der Waals surface area contributed by atoms with Gasteiger partial charge < -0.3 is 0 Å². The van der Waals surface area contributed by atoms with Gasteiger partial charge in [-0.3, -0.25) is 15.0 Å². The first kappa shape index (κ1) is 11.5.